The van der Waals surface area contributed by atoms with Gasteiger partial charge in [0.2, 0.25) is 0 Å². The van der Waals surface area contributed by atoms with Gasteiger partial charge in [-0.3, -0.25) is 4.79 Å². The van der Waals surface area contributed by atoms with Crippen molar-refractivity contribution in [2.45, 2.75) is 13.1 Å². The Balaban J connectivity index is 3.21. The molecule has 0 aliphatic heterocycles. The van der Waals surface area contributed by atoms with E-state index in [2.05, 4.69) is 5.32 Å². The average molecular weight is 289 g/mol. The fourth-order valence-corrected chi connectivity index (χ4v) is 1.49. The van der Waals surface area contributed by atoms with E-state index in [0.717, 1.165) is 0 Å². The Labute approximate surface area is 113 Å². The van der Waals surface area contributed by atoms with Crippen LogP contribution in [0.1, 0.15) is 11.1 Å². The number of aliphatic hydroxyl groups is 1. The van der Waals surface area contributed by atoms with Gasteiger partial charge in [0.1, 0.15) is 5.75 Å². The molecule has 0 radical (unpaired) electrons. The molecule has 0 atom stereocenters. The molecule has 1 aromatic carbocycles. The van der Waals surface area contributed by atoms with Crippen molar-refractivity contribution in [3.63, 3.8) is 0 Å². The molecule has 0 amide bonds. The number of aromatic hydroxyl groups is 1. The zero-order valence-electron chi connectivity index (χ0n) is 10.7. The lowest BCUT2D eigenvalue weighted by atomic mass is 10.1. The highest BCUT2D eigenvalue weighted by molar-refractivity contribution is 6.00. The largest absolute Gasteiger partial charge is 0.507 e. The first kappa shape index (κ1) is 16.0. The lowest BCUT2D eigenvalue weighted by Crippen LogP contribution is -2.24. The first-order chi connectivity index (χ1) is 9.25. The van der Waals surface area contributed by atoms with E-state index in [0.29, 0.717) is 11.6 Å². The highest BCUT2D eigenvalue weighted by atomic mass is 19.4. The van der Waals surface area contributed by atoms with Crippen LogP contribution in [-0.2, 0) is 4.79 Å². The van der Waals surface area contributed by atoms with Gasteiger partial charge in [0.05, 0.1) is 6.61 Å². The number of ketones is 1. The summed E-state index contributed by atoms with van der Waals surface area (Å²) >= 11 is 0. The van der Waals surface area contributed by atoms with Gasteiger partial charge >= 0.3 is 6.18 Å². The van der Waals surface area contributed by atoms with E-state index in [1.165, 1.54) is 12.1 Å². The summed E-state index contributed by atoms with van der Waals surface area (Å²) in [7, 11) is 0. The van der Waals surface area contributed by atoms with E-state index in [4.69, 9.17) is 5.11 Å². The van der Waals surface area contributed by atoms with Crippen molar-refractivity contribution in [1.29, 1.82) is 0 Å². The van der Waals surface area contributed by atoms with Gasteiger partial charge in [-0.1, -0.05) is 11.6 Å². The van der Waals surface area contributed by atoms with E-state index in [1.54, 1.807) is 13.0 Å². The van der Waals surface area contributed by atoms with Crippen molar-refractivity contribution in [3.05, 3.63) is 35.4 Å². The fraction of sp³-hybridized carbons (Fsp3) is 0.308. The van der Waals surface area contributed by atoms with Crippen LogP contribution < -0.4 is 5.32 Å². The molecule has 3 N–H and O–H groups in total. The second-order valence-corrected chi connectivity index (χ2v) is 4.09. The van der Waals surface area contributed by atoms with E-state index in [9.17, 15) is 23.1 Å². The van der Waals surface area contributed by atoms with Crippen LogP contribution in [-0.4, -0.2) is 35.3 Å². The van der Waals surface area contributed by atoms with Crippen LogP contribution in [0, 0.1) is 6.92 Å². The zero-order valence-corrected chi connectivity index (χ0v) is 10.7. The summed E-state index contributed by atoms with van der Waals surface area (Å²) in [6, 6.07) is 4.33. The highest BCUT2D eigenvalue weighted by Gasteiger charge is 2.37. The van der Waals surface area contributed by atoms with Crippen LogP contribution in [0.15, 0.2) is 24.3 Å². The number of phenolic OH excluding ortho intramolecular Hbond substituents is 1. The van der Waals surface area contributed by atoms with Gasteiger partial charge in [0, 0.05) is 23.9 Å². The number of alkyl halides is 3. The van der Waals surface area contributed by atoms with Gasteiger partial charge in [-0.15, -0.1) is 0 Å². The molecule has 20 heavy (non-hydrogen) atoms. The lowest BCUT2D eigenvalue weighted by molar-refractivity contribution is -0.165. The molecule has 0 heterocycles. The summed E-state index contributed by atoms with van der Waals surface area (Å²) in [5.41, 5.74) is 0.576. The molecule has 0 unspecified atom stereocenters. The number of carbonyl (C=O) groups excluding carboxylic acids is 1. The maximum absolute atomic E-state index is 12.3. The van der Waals surface area contributed by atoms with E-state index < -0.39 is 12.0 Å². The third-order valence-corrected chi connectivity index (χ3v) is 2.42. The molecule has 1 aromatic rings. The topological polar surface area (TPSA) is 69.6 Å². The molecule has 0 saturated heterocycles. The Morgan fingerprint density at radius 2 is 2.05 bits per heavy atom. The first-order valence-corrected chi connectivity index (χ1v) is 5.73. The first-order valence-electron chi connectivity index (χ1n) is 5.73. The molecule has 0 bridgehead atoms. The second-order valence-electron chi connectivity index (χ2n) is 4.09. The number of rotatable bonds is 5. The number of aliphatic hydroxyl groups excluding tert-OH is 1. The molecule has 4 nitrogen and oxygen atoms in total. The summed E-state index contributed by atoms with van der Waals surface area (Å²) in [6.07, 6.45) is -4.63. The van der Waals surface area contributed by atoms with Crippen molar-refractivity contribution in [1.82, 2.24) is 5.32 Å². The molecule has 0 spiro atoms. The molecule has 0 saturated carbocycles. The van der Waals surface area contributed by atoms with Crippen LogP contribution in [0.25, 0.3) is 5.70 Å². The molecule has 0 aromatic heterocycles. The number of carbonyl (C=O) groups is 1. The third-order valence-electron chi connectivity index (χ3n) is 2.42. The number of hydrogen-bond donors (Lipinski definition) is 3. The van der Waals surface area contributed by atoms with Gasteiger partial charge in [0.25, 0.3) is 5.78 Å². The number of halogens is 3. The summed E-state index contributed by atoms with van der Waals surface area (Å²) in [5.74, 6) is -2.30. The number of phenols is 1. The highest BCUT2D eigenvalue weighted by Crippen LogP contribution is 2.26. The predicted molar refractivity (Wildman–Crippen MR) is 67.0 cm³/mol. The normalized spacial score (nSPS) is 12.3. The summed E-state index contributed by atoms with van der Waals surface area (Å²) in [4.78, 5) is 11.0. The molecule has 1 rings (SSSR count). The van der Waals surface area contributed by atoms with E-state index in [-0.39, 0.29) is 30.2 Å². The maximum atomic E-state index is 12.3. The minimum absolute atomic E-state index is 0.0512. The van der Waals surface area contributed by atoms with Crippen LogP contribution in [0.4, 0.5) is 13.2 Å². The number of hydrogen-bond acceptors (Lipinski definition) is 4. The quantitative estimate of drug-likeness (QED) is 0.722. The monoisotopic (exact) mass is 289 g/mol. The molecule has 0 fully saturated rings. The summed E-state index contributed by atoms with van der Waals surface area (Å²) in [5, 5.41) is 20.9. The predicted octanol–water partition coefficient (Wildman–Crippen LogP) is 1.75. The van der Waals surface area contributed by atoms with Crippen molar-refractivity contribution in [3.8, 4) is 5.75 Å². The van der Waals surface area contributed by atoms with Crippen LogP contribution in [0.5, 0.6) is 5.75 Å². The Kier molecular flexibility index (Phi) is 5.15. The average Bonchev–Trinajstić information content (AvgIpc) is 2.36. The van der Waals surface area contributed by atoms with Crippen molar-refractivity contribution < 1.29 is 28.2 Å². The van der Waals surface area contributed by atoms with Gasteiger partial charge < -0.3 is 15.5 Å². The Hall–Kier alpha value is -2.02. The number of allylic oxidation sites excluding steroid dienone is 1. The van der Waals surface area contributed by atoms with Crippen LogP contribution in [0.3, 0.4) is 0 Å². The van der Waals surface area contributed by atoms with Crippen LogP contribution >= 0.6 is 0 Å². The smallest absolute Gasteiger partial charge is 0.454 e. The Bertz CT molecular complexity index is 524. The Morgan fingerprint density at radius 1 is 1.40 bits per heavy atom. The van der Waals surface area contributed by atoms with Gasteiger partial charge in [-0.05, 0) is 19.1 Å². The standard InChI is InChI=1S/C13H14F3NO3/c1-8-2-3-11(19)9(6-8)10(17-4-5-18)7-12(20)13(14,15)16/h2-3,6-7,17-19H,4-5H2,1H3. The second kappa shape index (κ2) is 6.42. The van der Waals surface area contributed by atoms with Crippen molar-refractivity contribution in [2.24, 2.45) is 0 Å². The van der Waals surface area contributed by atoms with E-state index in [1.807, 2.05) is 0 Å². The van der Waals surface area contributed by atoms with Gasteiger partial charge in [0.15, 0.2) is 0 Å². The molecule has 110 valence electrons. The fourth-order valence-electron chi connectivity index (χ4n) is 1.49. The number of aryl methyl sites for hydroxylation is 1. The third kappa shape index (κ3) is 4.27. The minimum atomic E-state index is -4.99. The van der Waals surface area contributed by atoms with E-state index >= 15 is 0 Å². The SMILES string of the molecule is Cc1ccc(O)c(C(=CC(=O)C(F)(F)F)NCCO)c1. The summed E-state index contributed by atoms with van der Waals surface area (Å²) in [6.45, 7) is 1.31. The summed E-state index contributed by atoms with van der Waals surface area (Å²) < 4.78 is 36.9. The number of benzene rings is 1. The maximum Gasteiger partial charge on any atom is 0.454 e. The molecular formula is C13H14F3NO3. The van der Waals surface area contributed by atoms with Gasteiger partial charge in [-0.2, -0.15) is 13.2 Å². The number of nitrogens with one attached hydrogen (secondary N) is 1. The molecule has 0 aliphatic rings. The lowest BCUT2D eigenvalue weighted by Gasteiger charge is -2.13. The molecular weight excluding hydrogens is 275 g/mol. The van der Waals surface area contributed by atoms with Crippen molar-refractivity contribution >= 4 is 11.5 Å². The molecule has 7 heteroatoms. The Morgan fingerprint density at radius 3 is 2.60 bits per heavy atom. The zero-order chi connectivity index (χ0) is 15.3. The van der Waals surface area contributed by atoms with Crippen LogP contribution in [0.2, 0.25) is 0 Å². The minimum Gasteiger partial charge on any atom is -0.507 e. The molecule has 0 aliphatic carbocycles. The van der Waals surface area contributed by atoms with Gasteiger partial charge in [-0.25, -0.2) is 0 Å². The van der Waals surface area contributed by atoms with Crippen molar-refractivity contribution in [2.75, 3.05) is 13.2 Å².